The number of carbonyl (C=O) groups is 1. The topological polar surface area (TPSA) is 90.1 Å². The Morgan fingerprint density at radius 2 is 1.96 bits per heavy atom. The molecule has 4 saturated carbocycles. The molecule has 1 N–H and O–H groups in total. The molecule has 130 valence electrons. The predicted molar refractivity (Wildman–Crippen MR) is 87.2 cm³/mol. The number of nitro groups is 1. The summed E-state index contributed by atoms with van der Waals surface area (Å²) < 4.78 is 1.37. The van der Waals surface area contributed by atoms with E-state index in [4.69, 9.17) is 0 Å². The fraction of sp³-hybridized carbons (Fsp3) is 0.765. The summed E-state index contributed by atoms with van der Waals surface area (Å²) >= 11 is 0. The molecule has 4 aliphatic carbocycles. The van der Waals surface area contributed by atoms with Gasteiger partial charge in [-0.3, -0.25) is 19.6 Å². The Morgan fingerprint density at radius 3 is 2.46 bits per heavy atom. The van der Waals surface area contributed by atoms with Gasteiger partial charge in [-0.15, -0.1) is 0 Å². The molecular weight excluding hydrogens is 308 g/mol. The molecule has 4 aliphatic rings. The van der Waals surface area contributed by atoms with Gasteiger partial charge in [-0.1, -0.05) is 0 Å². The minimum absolute atomic E-state index is 0.0873. The highest BCUT2D eigenvalue weighted by molar-refractivity contribution is 5.79. The van der Waals surface area contributed by atoms with Crippen molar-refractivity contribution in [3.8, 4) is 0 Å². The lowest BCUT2D eigenvalue weighted by atomic mass is 9.49. The molecule has 1 amide bonds. The maximum Gasteiger partial charge on any atom is 0.307 e. The first kappa shape index (κ1) is 15.6. The third kappa shape index (κ3) is 2.70. The molecule has 1 atom stereocenters. The van der Waals surface area contributed by atoms with Crippen LogP contribution in [-0.2, 0) is 4.79 Å². The summed E-state index contributed by atoms with van der Waals surface area (Å²) in [7, 11) is 0. The second-order valence-corrected chi connectivity index (χ2v) is 8.25. The van der Waals surface area contributed by atoms with Crippen molar-refractivity contribution in [1.82, 2.24) is 15.1 Å². The predicted octanol–water partition coefficient (Wildman–Crippen LogP) is 2.68. The van der Waals surface area contributed by atoms with Crippen molar-refractivity contribution in [3.05, 3.63) is 22.5 Å². The van der Waals surface area contributed by atoms with Crippen molar-refractivity contribution in [2.45, 2.75) is 51.5 Å². The first-order valence-corrected chi connectivity index (χ1v) is 8.90. The lowest BCUT2D eigenvalue weighted by molar-refractivity contribution is -0.385. The SMILES string of the molecule is C[C@@H](C(=O)NCC12CC3CC(CC(C3)C1)C2)n1cc([N+](=O)[O-])cn1. The van der Waals surface area contributed by atoms with Crippen LogP contribution in [0.25, 0.3) is 0 Å². The average Bonchev–Trinajstić information content (AvgIpc) is 3.01. The van der Waals surface area contributed by atoms with Crippen LogP contribution in [0.15, 0.2) is 12.4 Å². The number of amides is 1. The van der Waals surface area contributed by atoms with E-state index >= 15 is 0 Å². The molecular formula is C17H24N4O3. The molecule has 4 bridgehead atoms. The molecule has 0 aromatic carbocycles. The van der Waals surface area contributed by atoms with Crippen LogP contribution in [0.3, 0.4) is 0 Å². The molecule has 0 spiro atoms. The number of nitrogens with one attached hydrogen (secondary N) is 1. The van der Waals surface area contributed by atoms with Gasteiger partial charge in [-0.05, 0) is 68.6 Å². The van der Waals surface area contributed by atoms with Gasteiger partial charge in [-0.2, -0.15) is 5.10 Å². The van der Waals surface area contributed by atoms with Gasteiger partial charge in [0.05, 0.1) is 4.92 Å². The van der Waals surface area contributed by atoms with Crippen molar-refractivity contribution >= 4 is 11.6 Å². The van der Waals surface area contributed by atoms with Crippen LogP contribution in [0.4, 0.5) is 5.69 Å². The van der Waals surface area contributed by atoms with Crippen molar-refractivity contribution in [2.24, 2.45) is 23.2 Å². The van der Waals surface area contributed by atoms with Crippen molar-refractivity contribution in [2.75, 3.05) is 6.54 Å². The summed E-state index contributed by atoms with van der Waals surface area (Å²) in [5.74, 6) is 2.47. The zero-order chi connectivity index (χ0) is 16.9. The first-order valence-electron chi connectivity index (χ1n) is 8.90. The standard InChI is InChI=1S/C17H24N4O3/c1-11(20-9-15(8-19-20)21(23)24)16(22)18-10-17-5-12-2-13(6-17)4-14(3-12)7-17/h8-9,11-14H,2-7,10H2,1H3,(H,18,22)/t11-,12?,13?,14?,17?/m0/s1. The van der Waals surface area contributed by atoms with E-state index in [0.29, 0.717) is 5.41 Å². The van der Waals surface area contributed by atoms with Crippen LogP contribution in [0, 0.1) is 33.3 Å². The smallest absolute Gasteiger partial charge is 0.307 e. The highest BCUT2D eigenvalue weighted by Gasteiger charge is 2.50. The van der Waals surface area contributed by atoms with Crippen LogP contribution in [0.1, 0.15) is 51.5 Å². The molecule has 0 radical (unpaired) electrons. The van der Waals surface area contributed by atoms with Crippen LogP contribution in [-0.4, -0.2) is 27.2 Å². The van der Waals surface area contributed by atoms with E-state index < -0.39 is 11.0 Å². The first-order chi connectivity index (χ1) is 11.4. The van der Waals surface area contributed by atoms with E-state index in [9.17, 15) is 14.9 Å². The van der Waals surface area contributed by atoms with Gasteiger partial charge in [0.25, 0.3) is 0 Å². The Morgan fingerprint density at radius 1 is 1.38 bits per heavy atom. The van der Waals surface area contributed by atoms with Crippen LogP contribution >= 0.6 is 0 Å². The van der Waals surface area contributed by atoms with Gasteiger partial charge in [0.1, 0.15) is 18.4 Å². The molecule has 1 aromatic heterocycles. The summed E-state index contributed by atoms with van der Waals surface area (Å²) in [5, 5.41) is 17.8. The normalized spacial score (nSPS) is 35.0. The number of hydrogen-bond acceptors (Lipinski definition) is 4. The Balaban J connectivity index is 1.38. The van der Waals surface area contributed by atoms with E-state index in [-0.39, 0.29) is 11.6 Å². The molecule has 7 nitrogen and oxygen atoms in total. The zero-order valence-corrected chi connectivity index (χ0v) is 14.0. The molecule has 5 rings (SSSR count). The summed E-state index contributed by atoms with van der Waals surface area (Å²) in [5.41, 5.74) is 0.205. The van der Waals surface area contributed by atoms with Crippen LogP contribution in [0.5, 0.6) is 0 Å². The largest absolute Gasteiger partial charge is 0.354 e. The summed E-state index contributed by atoms with van der Waals surface area (Å²) in [6.45, 7) is 2.47. The maximum atomic E-state index is 12.5. The van der Waals surface area contributed by atoms with Crippen LogP contribution < -0.4 is 5.32 Å². The van der Waals surface area contributed by atoms with E-state index in [1.807, 2.05) is 0 Å². The van der Waals surface area contributed by atoms with E-state index in [0.717, 1.165) is 24.3 Å². The molecule has 7 heteroatoms. The lowest BCUT2D eigenvalue weighted by Gasteiger charge is -2.57. The molecule has 1 heterocycles. The Hall–Kier alpha value is -1.92. The van der Waals surface area contributed by atoms with Gasteiger partial charge in [-0.25, -0.2) is 0 Å². The minimum atomic E-state index is -0.535. The number of carbonyl (C=O) groups excluding carboxylic acids is 1. The molecule has 24 heavy (non-hydrogen) atoms. The number of hydrogen-bond donors (Lipinski definition) is 1. The number of rotatable bonds is 5. The second kappa shape index (κ2) is 5.57. The lowest BCUT2D eigenvalue weighted by Crippen LogP contribution is -2.51. The van der Waals surface area contributed by atoms with E-state index in [1.165, 1.54) is 55.6 Å². The van der Waals surface area contributed by atoms with Crippen molar-refractivity contribution in [3.63, 3.8) is 0 Å². The zero-order valence-electron chi connectivity index (χ0n) is 14.0. The van der Waals surface area contributed by atoms with Gasteiger partial charge in [0.2, 0.25) is 5.91 Å². The highest BCUT2D eigenvalue weighted by Crippen LogP contribution is 2.59. The van der Waals surface area contributed by atoms with Gasteiger partial charge >= 0.3 is 5.69 Å². The highest BCUT2D eigenvalue weighted by atomic mass is 16.6. The number of nitrogens with zero attached hydrogens (tertiary/aromatic N) is 3. The molecule has 0 unspecified atom stereocenters. The summed E-state index contributed by atoms with van der Waals surface area (Å²) in [6.07, 6.45) is 10.4. The summed E-state index contributed by atoms with van der Waals surface area (Å²) in [6, 6.07) is -0.535. The molecule has 0 saturated heterocycles. The quantitative estimate of drug-likeness (QED) is 0.663. The summed E-state index contributed by atoms with van der Waals surface area (Å²) in [4.78, 5) is 22.7. The fourth-order valence-electron chi connectivity index (χ4n) is 5.68. The number of aromatic nitrogens is 2. The molecule has 1 aromatic rings. The van der Waals surface area contributed by atoms with E-state index in [1.54, 1.807) is 6.92 Å². The second-order valence-electron chi connectivity index (χ2n) is 8.25. The monoisotopic (exact) mass is 332 g/mol. The van der Waals surface area contributed by atoms with Gasteiger partial charge in [0.15, 0.2) is 0 Å². The third-order valence-corrected chi connectivity index (χ3v) is 6.38. The third-order valence-electron chi connectivity index (χ3n) is 6.38. The van der Waals surface area contributed by atoms with Gasteiger partial charge < -0.3 is 5.32 Å². The van der Waals surface area contributed by atoms with Crippen LogP contribution in [0.2, 0.25) is 0 Å². The van der Waals surface area contributed by atoms with Crippen molar-refractivity contribution in [1.29, 1.82) is 0 Å². The Labute approximate surface area is 140 Å². The van der Waals surface area contributed by atoms with Gasteiger partial charge in [0, 0.05) is 6.54 Å². The fourth-order valence-corrected chi connectivity index (χ4v) is 5.68. The van der Waals surface area contributed by atoms with E-state index in [2.05, 4.69) is 10.4 Å². The molecule has 4 fully saturated rings. The average molecular weight is 332 g/mol. The Bertz CT molecular complexity index is 633. The van der Waals surface area contributed by atoms with Crippen molar-refractivity contribution < 1.29 is 9.72 Å². The maximum absolute atomic E-state index is 12.5. The Kier molecular flexibility index (Phi) is 3.62. The molecule has 0 aliphatic heterocycles. The minimum Gasteiger partial charge on any atom is -0.354 e.